The smallest absolute Gasteiger partial charge is 0.419 e. The Kier molecular flexibility index (Phi) is 2.83. The maximum absolute atomic E-state index is 12.8. The maximum Gasteiger partial charge on any atom is 0.419 e. The Morgan fingerprint density at radius 3 is 2.40 bits per heavy atom. The van der Waals surface area contributed by atoms with E-state index >= 15 is 0 Å². The molecule has 3 N–H and O–H groups in total. The minimum absolute atomic E-state index is 0.300. The van der Waals surface area contributed by atoms with Crippen molar-refractivity contribution in [3.05, 3.63) is 29.1 Å². The van der Waals surface area contributed by atoms with Crippen molar-refractivity contribution >= 4 is 6.21 Å². The molecule has 3 nitrogen and oxygen atoms in total. The summed E-state index contributed by atoms with van der Waals surface area (Å²) in [4.78, 5) is 0. The molecular weight excluding hydrogens is 216 g/mol. The summed E-state index contributed by atoms with van der Waals surface area (Å²) in [6.45, 7) is 0. The minimum Gasteiger partial charge on any atom is -0.507 e. The lowest BCUT2D eigenvalue weighted by Crippen LogP contribution is -2.09. The molecule has 15 heavy (non-hydrogen) atoms. The van der Waals surface area contributed by atoms with Gasteiger partial charge in [-0.05, 0) is 6.07 Å². The lowest BCUT2D eigenvalue weighted by atomic mass is 10.1. The molecule has 0 unspecified atom stereocenters. The van der Waals surface area contributed by atoms with Crippen LogP contribution in [0.1, 0.15) is 11.1 Å². The van der Waals surface area contributed by atoms with Crippen LogP contribution in [0.3, 0.4) is 0 Å². The number of hydrazone groups is 1. The van der Waals surface area contributed by atoms with Crippen LogP contribution in [-0.4, -0.2) is 11.3 Å². The van der Waals surface area contributed by atoms with E-state index in [0.29, 0.717) is 12.1 Å². The molecule has 0 aliphatic rings. The van der Waals surface area contributed by atoms with E-state index in [4.69, 9.17) is 10.9 Å². The van der Waals surface area contributed by atoms with Crippen LogP contribution in [0, 0.1) is 5.82 Å². The van der Waals surface area contributed by atoms with Crippen LogP contribution in [-0.2, 0) is 6.18 Å². The van der Waals surface area contributed by atoms with Crippen molar-refractivity contribution in [1.82, 2.24) is 0 Å². The summed E-state index contributed by atoms with van der Waals surface area (Å²) >= 11 is 0. The highest BCUT2D eigenvalue weighted by Gasteiger charge is 2.34. The second-order valence-corrected chi connectivity index (χ2v) is 2.67. The van der Waals surface area contributed by atoms with Crippen molar-refractivity contribution in [2.24, 2.45) is 10.9 Å². The number of rotatable bonds is 1. The first kappa shape index (κ1) is 11.3. The van der Waals surface area contributed by atoms with Gasteiger partial charge in [-0.1, -0.05) is 0 Å². The van der Waals surface area contributed by atoms with Gasteiger partial charge in [0.2, 0.25) is 0 Å². The number of phenolic OH excluding ortho intramolecular Hbond substituents is 1. The van der Waals surface area contributed by atoms with Gasteiger partial charge in [0.1, 0.15) is 11.6 Å². The predicted octanol–water partition coefficient (Wildman–Crippen LogP) is 1.84. The Morgan fingerprint density at radius 2 is 1.93 bits per heavy atom. The molecule has 0 saturated heterocycles. The topological polar surface area (TPSA) is 58.6 Å². The zero-order valence-corrected chi connectivity index (χ0v) is 7.22. The van der Waals surface area contributed by atoms with Gasteiger partial charge in [-0.15, -0.1) is 0 Å². The van der Waals surface area contributed by atoms with Gasteiger partial charge in [-0.3, -0.25) is 0 Å². The Hall–Kier alpha value is -1.79. The number of hydrogen-bond donors (Lipinski definition) is 2. The van der Waals surface area contributed by atoms with Crippen molar-refractivity contribution in [1.29, 1.82) is 0 Å². The molecule has 1 aromatic carbocycles. The number of nitrogens with zero attached hydrogens (tertiary/aromatic N) is 1. The molecule has 0 amide bonds. The van der Waals surface area contributed by atoms with Gasteiger partial charge in [0.05, 0.1) is 11.8 Å². The molecule has 0 fully saturated rings. The van der Waals surface area contributed by atoms with E-state index < -0.39 is 23.3 Å². The summed E-state index contributed by atoms with van der Waals surface area (Å²) in [6.07, 6.45) is -4.03. The molecule has 0 aliphatic heterocycles. The first-order chi connectivity index (χ1) is 6.86. The number of aromatic hydroxyl groups is 1. The monoisotopic (exact) mass is 222 g/mol. The summed E-state index contributed by atoms with van der Waals surface area (Å²) in [5.41, 5.74) is -1.78. The van der Waals surface area contributed by atoms with Crippen molar-refractivity contribution < 1.29 is 22.7 Å². The molecule has 82 valence electrons. The number of phenols is 1. The number of nitrogens with two attached hydrogens (primary N) is 1. The van der Waals surface area contributed by atoms with Gasteiger partial charge in [-0.2, -0.15) is 18.3 Å². The van der Waals surface area contributed by atoms with Crippen molar-refractivity contribution in [2.45, 2.75) is 6.18 Å². The normalized spacial score (nSPS) is 12.3. The molecular formula is C8H6F4N2O. The highest BCUT2D eigenvalue weighted by Crippen LogP contribution is 2.34. The van der Waals surface area contributed by atoms with Crippen molar-refractivity contribution in [3.63, 3.8) is 0 Å². The SMILES string of the molecule is NN=Cc1cc(C(F)(F)F)c(F)cc1O. The molecule has 0 atom stereocenters. The molecule has 1 rings (SSSR count). The molecule has 0 spiro atoms. The highest BCUT2D eigenvalue weighted by molar-refractivity contribution is 5.83. The molecule has 0 radical (unpaired) electrons. The second-order valence-electron chi connectivity index (χ2n) is 2.67. The zero-order chi connectivity index (χ0) is 11.6. The standard InChI is InChI=1S/C8H6F4N2O/c9-6-2-7(15)4(3-14-13)1-5(6)8(10,11)12/h1-3,15H,13H2. The van der Waals surface area contributed by atoms with Crippen LogP contribution in [0.15, 0.2) is 17.2 Å². The molecule has 0 aromatic heterocycles. The van der Waals surface area contributed by atoms with Crippen LogP contribution in [0.5, 0.6) is 5.75 Å². The Balaban J connectivity index is 3.36. The van der Waals surface area contributed by atoms with Gasteiger partial charge < -0.3 is 10.9 Å². The first-order valence-corrected chi connectivity index (χ1v) is 3.69. The molecule has 0 saturated carbocycles. The fraction of sp³-hybridized carbons (Fsp3) is 0.125. The molecule has 7 heteroatoms. The van der Waals surface area contributed by atoms with Gasteiger partial charge in [-0.25, -0.2) is 4.39 Å². The Bertz CT molecular complexity index is 400. The zero-order valence-electron chi connectivity index (χ0n) is 7.22. The number of hydrogen-bond acceptors (Lipinski definition) is 3. The summed E-state index contributed by atoms with van der Waals surface area (Å²) in [5, 5.41) is 12.0. The van der Waals surface area contributed by atoms with Crippen molar-refractivity contribution in [3.8, 4) is 5.75 Å². The largest absolute Gasteiger partial charge is 0.507 e. The van der Waals surface area contributed by atoms with Gasteiger partial charge in [0.15, 0.2) is 0 Å². The predicted molar refractivity (Wildman–Crippen MR) is 44.8 cm³/mol. The van der Waals surface area contributed by atoms with E-state index in [2.05, 4.69) is 5.10 Å². The fourth-order valence-corrected chi connectivity index (χ4v) is 0.980. The Labute approximate surface area is 81.8 Å². The maximum atomic E-state index is 12.8. The third-order valence-corrected chi connectivity index (χ3v) is 1.64. The summed E-state index contributed by atoms with van der Waals surface area (Å²) < 4.78 is 49.4. The molecule has 0 heterocycles. The fourth-order valence-electron chi connectivity index (χ4n) is 0.980. The first-order valence-electron chi connectivity index (χ1n) is 3.69. The van der Waals surface area contributed by atoms with Gasteiger partial charge in [0.25, 0.3) is 0 Å². The Morgan fingerprint density at radius 1 is 1.33 bits per heavy atom. The molecule has 0 aliphatic carbocycles. The van der Waals surface area contributed by atoms with E-state index in [-0.39, 0.29) is 5.56 Å². The van der Waals surface area contributed by atoms with E-state index in [1.54, 1.807) is 0 Å². The third-order valence-electron chi connectivity index (χ3n) is 1.64. The summed E-state index contributed by atoms with van der Waals surface area (Å²) in [7, 11) is 0. The summed E-state index contributed by atoms with van der Waals surface area (Å²) in [5.74, 6) is 2.51. The lowest BCUT2D eigenvalue weighted by Gasteiger charge is -2.09. The molecule has 1 aromatic rings. The quantitative estimate of drug-likeness (QED) is 0.329. The second kappa shape index (κ2) is 3.76. The average Bonchev–Trinajstić information content (AvgIpc) is 2.07. The summed E-state index contributed by atoms with van der Waals surface area (Å²) in [6, 6.07) is 0.793. The van der Waals surface area contributed by atoms with Gasteiger partial charge in [0, 0.05) is 11.6 Å². The number of alkyl halides is 3. The highest BCUT2D eigenvalue weighted by atomic mass is 19.4. The van der Waals surface area contributed by atoms with E-state index in [1.807, 2.05) is 0 Å². The van der Waals surface area contributed by atoms with Crippen molar-refractivity contribution in [2.75, 3.05) is 0 Å². The van der Waals surface area contributed by atoms with Gasteiger partial charge >= 0.3 is 6.18 Å². The van der Waals surface area contributed by atoms with Crippen LogP contribution in [0.25, 0.3) is 0 Å². The molecule has 0 bridgehead atoms. The van der Waals surface area contributed by atoms with E-state index in [1.165, 1.54) is 0 Å². The van der Waals surface area contributed by atoms with Crippen LogP contribution in [0.2, 0.25) is 0 Å². The van der Waals surface area contributed by atoms with Crippen LogP contribution < -0.4 is 5.84 Å². The number of halogens is 4. The number of benzene rings is 1. The van der Waals surface area contributed by atoms with Crippen LogP contribution in [0.4, 0.5) is 17.6 Å². The van der Waals surface area contributed by atoms with Crippen LogP contribution >= 0.6 is 0 Å². The average molecular weight is 222 g/mol. The third kappa shape index (κ3) is 2.36. The van der Waals surface area contributed by atoms with E-state index in [9.17, 15) is 17.6 Å². The lowest BCUT2D eigenvalue weighted by molar-refractivity contribution is -0.140. The minimum atomic E-state index is -4.82. The van der Waals surface area contributed by atoms with E-state index in [0.717, 1.165) is 6.21 Å².